The van der Waals surface area contributed by atoms with E-state index < -0.39 is 5.97 Å². The van der Waals surface area contributed by atoms with Crippen LogP contribution in [0.5, 0.6) is 11.5 Å². The molecule has 3 aromatic carbocycles. The first kappa shape index (κ1) is 22.3. The van der Waals surface area contributed by atoms with Crippen molar-refractivity contribution in [3.05, 3.63) is 93.0 Å². The molecule has 1 N–H and O–H groups in total. The van der Waals surface area contributed by atoms with Gasteiger partial charge in [0.15, 0.2) is 11.5 Å². The van der Waals surface area contributed by atoms with Crippen LogP contribution in [0.4, 0.5) is 0 Å². The number of hydrogen-bond donors (Lipinski definition) is 1. The summed E-state index contributed by atoms with van der Waals surface area (Å²) in [6.07, 6.45) is 1.46. The summed E-state index contributed by atoms with van der Waals surface area (Å²) in [5, 5.41) is 4.56. The Morgan fingerprint density at radius 1 is 0.935 bits per heavy atom. The molecule has 0 aliphatic rings. The molecule has 0 heterocycles. The van der Waals surface area contributed by atoms with E-state index in [0.717, 1.165) is 5.56 Å². The van der Waals surface area contributed by atoms with Crippen LogP contribution in [-0.2, 0) is 0 Å². The van der Waals surface area contributed by atoms with Gasteiger partial charge >= 0.3 is 5.97 Å². The maximum Gasteiger partial charge on any atom is 0.343 e. The van der Waals surface area contributed by atoms with Gasteiger partial charge in [-0.05, 0) is 61.0 Å². The van der Waals surface area contributed by atoms with Crippen molar-refractivity contribution >= 4 is 41.3 Å². The minimum atomic E-state index is -0.608. The Labute approximate surface area is 189 Å². The van der Waals surface area contributed by atoms with Crippen LogP contribution >= 0.6 is 23.2 Å². The van der Waals surface area contributed by atoms with E-state index in [2.05, 4.69) is 10.5 Å². The van der Waals surface area contributed by atoms with Gasteiger partial charge in [-0.15, -0.1) is 0 Å². The van der Waals surface area contributed by atoms with Crippen molar-refractivity contribution in [2.75, 3.05) is 7.11 Å². The molecule has 0 spiro atoms. The van der Waals surface area contributed by atoms with Gasteiger partial charge in [0.2, 0.25) is 0 Å². The average Bonchev–Trinajstić information content (AvgIpc) is 2.76. The molecular formula is C23H18Cl2N2O4. The van der Waals surface area contributed by atoms with E-state index in [1.54, 1.807) is 36.4 Å². The number of carbonyl (C=O) groups is 2. The molecule has 158 valence electrons. The number of methoxy groups -OCH3 is 1. The number of nitrogens with one attached hydrogen (secondary N) is 1. The van der Waals surface area contributed by atoms with Gasteiger partial charge in [0.05, 0.1) is 28.9 Å². The Morgan fingerprint density at radius 3 is 2.45 bits per heavy atom. The summed E-state index contributed by atoms with van der Waals surface area (Å²) in [4.78, 5) is 24.5. The lowest BCUT2D eigenvalue weighted by molar-refractivity contribution is 0.0729. The van der Waals surface area contributed by atoms with E-state index in [4.69, 9.17) is 32.7 Å². The van der Waals surface area contributed by atoms with Crippen molar-refractivity contribution in [3.8, 4) is 11.5 Å². The zero-order valence-electron chi connectivity index (χ0n) is 16.7. The summed E-state index contributed by atoms with van der Waals surface area (Å²) in [6, 6.07) is 16.5. The van der Waals surface area contributed by atoms with Crippen LogP contribution in [-0.4, -0.2) is 25.2 Å². The molecule has 0 fully saturated rings. The van der Waals surface area contributed by atoms with Crippen molar-refractivity contribution in [1.82, 2.24) is 5.43 Å². The van der Waals surface area contributed by atoms with Gasteiger partial charge in [0.25, 0.3) is 5.91 Å². The molecule has 3 rings (SSSR count). The second-order valence-corrected chi connectivity index (χ2v) is 7.31. The predicted molar refractivity (Wildman–Crippen MR) is 121 cm³/mol. The number of hydrogen-bond acceptors (Lipinski definition) is 5. The maximum atomic E-state index is 12.4. The van der Waals surface area contributed by atoms with E-state index in [1.165, 1.54) is 31.5 Å². The highest BCUT2D eigenvalue weighted by atomic mass is 35.5. The van der Waals surface area contributed by atoms with Crippen LogP contribution in [0.3, 0.4) is 0 Å². The average molecular weight is 457 g/mol. The first-order valence-electron chi connectivity index (χ1n) is 9.12. The molecule has 0 aliphatic heterocycles. The Kier molecular flexibility index (Phi) is 7.28. The number of nitrogens with zero attached hydrogens (tertiary/aromatic N) is 1. The zero-order valence-corrected chi connectivity index (χ0v) is 18.2. The lowest BCUT2D eigenvalue weighted by Gasteiger charge is -2.10. The Bertz CT molecular complexity index is 1160. The molecule has 8 heteroatoms. The molecule has 3 aromatic rings. The highest BCUT2D eigenvalue weighted by Crippen LogP contribution is 2.29. The molecule has 0 radical (unpaired) electrons. The molecule has 31 heavy (non-hydrogen) atoms. The molecule has 0 atom stereocenters. The van der Waals surface area contributed by atoms with Crippen LogP contribution in [0, 0.1) is 6.92 Å². The number of rotatable bonds is 6. The fourth-order valence-corrected chi connectivity index (χ4v) is 2.95. The number of amides is 1. The third-order valence-electron chi connectivity index (χ3n) is 4.21. The van der Waals surface area contributed by atoms with Gasteiger partial charge < -0.3 is 9.47 Å². The number of carbonyl (C=O) groups excluding carboxylic acids is 2. The van der Waals surface area contributed by atoms with Gasteiger partial charge in [-0.3, -0.25) is 4.79 Å². The quantitative estimate of drug-likeness (QED) is 0.236. The van der Waals surface area contributed by atoms with Crippen molar-refractivity contribution in [1.29, 1.82) is 0 Å². The third-order valence-corrected chi connectivity index (χ3v) is 4.94. The highest BCUT2D eigenvalue weighted by molar-refractivity contribution is 6.42. The normalized spacial score (nSPS) is 10.7. The van der Waals surface area contributed by atoms with Crippen LogP contribution in [0.2, 0.25) is 10.0 Å². The number of benzene rings is 3. The van der Waals surface area contributed by atoms with E-state index >= 15 is 0 Å². The van der Waals surface area contributed by atoms with Gasteiger partial charge in [-0.2, -0.15) is 5.10 Å². The lowest BCUT2D eigenvalue weighted by Crippen LogP contribution is -2.17. The number of aryl methyl sites for hydroxylation is 1. The Hall–Kier alpha value is -3.35. The third kappa shape index (κ3) is 5.84. The summed E-state index contributed by atoms with van der Waals surface area (Å²) >= 11 is 11.8. The van der Waals surface area contributed by atoms with Gasteiger partial charge in [0.1, 0.15) is 0 Å². The van der Waals surface area contributed by atoms with Crippen LogP contribution in [0.15, 0.2) is 65.8 Å². The maximum absolute atomic E-state index is 12.4. The standard InChI is InChI=1S/C23H18Cl2N2O4/c1-14-4-3-5-16(10-14)22(28)27-26-13-15-6-9-20(21(11-15)30-2)31-23(29)17-7-8-18(24)19(25)12-17/h3-13H,1-2H3,(H,27,28)/b26-13-. The van der Waals surface area contributed by atoms with E-state index in [0.29, 0.717) is 21.9 Å². The summed E-state index contributed by atoms with van der Waals surface area (Å²) in [5.41, 5.74) is 4.85. The molecule has 6 nitrogen and oxygen atoms in total. The lowest BCUT2D eigenvalue weighted by atomic mass is 10.1. The van der Waals surface area contributed by atoms with Crippen molar-refractivity contribution in [3.63, 3.8) is 0 Å². The molecular weight excluding hydrogens is 439 g/mol. The van der Waals surface area contributed by atoms with Gasteiger partial charge in [-0.1, -0.05) is 40.9 Å². The predicted octanol–water partition coefficient (Wildman–Crippen LogP) is 5.29. The zero-order chi connectivity index (χ0) is 22.4. The molecule has 1 amide bonds. The highest BCUT2D eigenvalue weighted by Gasteiger charge is 2.14. The fraction of sp³-hybridized carbons (Fsp3) is 0.0870. The van der Waals surface area contributed by atoms with E-state index in [9.17, 15) is 9.59 Å². The molecule has 0 bridgehead atoms. The summed E-state index contributed by atoms with van der Waals surface area (Å²) in [6.45, 7) is 1.90. The first-order chi connectivity index (χ1) is 14.9. The summed E-state index contributed by atoms with van der Waals surface area (Å²) < 4.78 is 10.7. The minimum absolute atomic E-state index is 0.222. The fourth-order valence-electron chi connectivity index (χ4n) is 2.65. The van der Waals surface area contributed by atoms with Crippen molar-refractivity contribution in [2.24, 2.45) is 5.10 Å². The van der Waals surface area contributed by atoms with Crippen LogP contribution in [0.25, 0.3) is 0 Å². The largest absolute Gasteiger partial charge is 0.493 e. The SMILES string of the molecule is COc1cc(/C=N\NC(=O)c2cccc(C)c2)ccc1OC(=O)c1ccc(Cl)c(Cl)c1. The summed E-state index contributed by atoms with van der Waals surface area (Å²) in [5.74, 6) is -0.385. The van der Waals surface area contributed by atoms with Crippen LogP contribution in [0.1, 0.15) is 31.8 Å². The van der Waals surface area contributed by atoms with E-state index in [1.807, 2.05) is 13.0 Å². The molecule has 0 unspecified atom stereocenters. The van der Waals surface area contributed by atoms with Crippen molar-refractivity contribution in [2.45, 2.75) is 6.92 Å². The van der Waals surface area contributed by atoms with Gasteiger partial charge in [-0.25, -0.2) is 10.2 Å². The number of esters is 1. The monoisotopic (exact) mass is 456 g/mol. The van der Waals surface area contributed by atoms with Crippen LogP contribution < -0.4 is 14.9 Å². The smallest absolute Gasteiger partial charge is 0.343 e. The van der Waals surface area contributed by atoms with Gasteiger partial charge in [0, 0.05) is 5.56 Å². The molecule has 0 saturated heterocycles. The topological polar surface area (TPSA) is 77.0 Å². The number of ether oxygens (including phenoxy) is 2. The second-order valence-electron chi connectivity index (χ2n) is 6.50. The summed E-state index contributed by atoms with van der Waals surface area (Å²) in [7, 11) is 1.45. The molecule has 0 aliphatic carbocycles. The minimum Gasteiger partial charge on any atom is -0.493 e. The Balaban J connectivity index is 1.69. The van der Waals surface area contributed by atoms with Crippen molar-refractivity contribution < 1.29 is 19.1 Å². The number of hydrazone groups is 1. The first-order valence-corrected chi connectivity index (χ1v) is 9.88. The number of halogens is 2. The molecule has 0 aromatic heterocycles. The molecule has 0 saturated carbocycles. The van der Waals surface area contributed by atoms with E-state index in [-0.39, 0.29) is 22.2 Å². The Morgan fingerprint density at radius 2 is 1.74 bits per heavy atom. The second kappa shape index (κ2) is 10.1.